The topological polar surface area (TPSA) is 66.5 Å². The molecule has 1 fully saturated rings. The van der Waals surface area contributed by atoms with Crippen molar-refractivity contribution in [3.8, 4) is 0 Å². The van der Waals surface area contributed by atoms with Gasteiger partial charge < -0.3 is 0 Å². The highest BCUT2D eigenvalue weighted by atomic mass is 32.1. The highest BCUT2D eigenvalue weighted by molar-refractivity contribution is 7.80. The van der Waals surface area contributed by atoms with Crippen LogP contribution in [-0.2, 0) is 9.59 Å². The minimum absolute atomic E-state index is 0.00482. The molecule has 0 bridgehead atoms. The molecule has 1 aliphatic rings. The van der Waals surface area contributed by atoms with E-state index in [1.54, 1.807) is 12.1 Å². The summed E-state index contributed by atoms with van der Waals surface area (Å²) in [6.07, 6.45) is 2.55. The fourth-order valence-electron chi connectivity index (χ4n) is 2.55. The zero-order valence-corrected chi connectivity index (χ0v) is 14.0. The van der Waals surface area contributed by atoms with E-state index in [4.69, 9.17) is 12.2 Å². The summed E-state index contributed by atoms with van der Waals surface area (Å²) in [6, 6.07) is 12.8. The normalized spacial score (nSPS) is 16.2. The zero-order chi connectivity index (χ0) is 18.0. The van der Waals surface area contributed by atoms with Crippen LogP contribution >= 0.6 is 12.2 Å². The number of carbonyl (C=O) groups is 3. The monoisotopic (exact) mass is 350 g/mol. The van der Waals surface area contributed by atoms with Crippen molar-refractivity contribution in [2.75, 3.05) is 6.54 Å². The van der Waals surface area contributed by atoms with Crippen molar-refractivity contribution in [1.29, 1.82) is 0 Å². The van der Waals surface area contributed by atoms with Crippen molar-refractivity contribution in [3.63, 3.8) is 0 Å². The maximum Gasteiger partial charge on any atom is 0.266 e. The Balaban J connectivity index is 1.95. The van der Waals surface area contributed by atoms with Gasteiger partial charge in [0.05, 0.1) is 0 Å². The first-order valence-corrected chi connectivity index (χ1v) is 7.95. The number of nitrogens with one attached hydrogen (secondary N) is 1. The SMILES string of the molecule is C=CCN1C(=O)/C(=C/C(=O)c2ccc3ccccc3c2)C(=O)NC1=S. The van der Waals surface area contributed by atoms with Crippen LogP contribution in [0.5, 0.6) is 0 Å². The van der Waals surface area contributed by atoms with Gasteiger partial charge in [-0.15, -0.1) is 6.58 Å². The van der Waals surface area contributed by atoms with Crippen LogP contribution in [0.15, 0.2) is 66.8 Å². The number of benzene rings is 2. The second kappa shape index (κ2) is 6.78. The van der Waals surface area contributed by atoms with Crippen LogP contribution in [0.3, 0.4) is 0 Å². The average Bonchev–Trinajstić information content (AvgIpc) is 2.61. The van der Waals surface area contributed by atoms with Gasteiger partial charge >= 0.3 is 0 Å². The number of hydrogen-bond acceptors (Lipinski definition) is 4. The van der Waals surface area contributed by atoms with Gasteiger partial charge in [0.1, 0.15) is 5.57 Å². The fourth-order valence-corrected chi connectivity index (χ4v) is 2.80. The molecular weight excluding hydrogens is 336 g/mol. The summed E-state index contributed by atoms with van der Waals surface area (Å²) in [5.74, 6) is -1.71. The molecule has 1 saturated heterocycles. The largest absolute Gasteiger partial charge is 0.298 e. The number of thiocarbonyl (C=S) groups is 1. The zero-order valence-electron chi connectivity index (χ0n) is 13.2. The average molecular weight is 350 g/mol. The summed E-state index contributed by atoms with van der Waals surface area (Å²) >= 11 is 4.97. The van der Waals surface area contributed by atoms with Crippen LogP contribution in [0.25, 0.3) is 10.8 Å². The molecule has 0 spiro atoms. The highest BCUT2D eigenvalue weighted by Gasteiger charge is 2.33. The third-order valence-electron chi connectivity index (χ3n) is 3.81. The Morgan fingerprint density at radius 1 is 1.16 bits per heavy atom. The van der Waals surface area contributed by atoms with E-state index in [0.717, 1.165) is 16.8 Å². The molecule has 1 N–H and O–H groups in total. The molecule has 6 heteroatoms. The van der Waals surface area contributed by atoms with E-state index < -0.39 is 17.6 Å². The van der Waals surface area contributed by atoms with Crippen molar-refractivity contribution in [1.82, 2.24) is 10.2 Å². The first-order valence-electron chi connectivity index (χ1n) is 7.54. The predicted molar refractivity (Wildman–Crippen MR) is 99.0 cm³/mol. The maximum atomic E-state index is 12.5. The van der Waals surface area contributed by atoms with E-state index in [2.05, 4.69) is 11.9 Å². The molecule has 2 aromatic carbocycles. The smallest absolute Gasteiger partial charge is 0.266 e. The van der Waals surface area contributed by atoms with Crippen molar-refractivity contribution < 1.29 is 14.4 Å². The van der Waals surface area contributed by atoms with Crippen LogP contribution in [0, 0.1) is 0 Å². The molecule has 0 saturated carbocycles. The van der Waals surface area contributed by atoms with Crippen LogP contribution in [0.2, 0.25) is 0 Å². The molecule has 0 radical (unpaired) electrons. The summed E-state index contributed by atoms with van der Waals surface area (Å²) in [7, 11) is 0. The molecule has 0 unspecified atom stereocenters. The summed E-state index contributed by atoms with van der Waals surface area (Å²) in [5.41, 5.74) is 0.156. The molecule has 2 amide bonds. The van der Waals surface area contributed by atoms with E-state index in [0.29, 0.717) is 5.56 Å². The Bertz CT molecular complexity index is 962. The van der Waals surface area contributed by atoms with Crippen molar-refractivity contribution in [2.45, 2.75) is 0 Å². The number of nitrogens with zero attached hydrogens (tertiary/aromatic N) is 1. The number of allylic oxidation sites excluding steroid dienone is 1. The molecule has 124 valence electrons. The Hall–Kier alpha value is -3.12. The maximum absolute atomic E-state index is 12.5. The minimum atomic E-state index is -0.676. The molecule has 0 aliphatic carbocycles. The molecule has 1 aliphatic heterocycles. The number of rotatable bonds is 4. The Labute approximate surface area is 149 Å². The summed E-state index contributed by atoms with van der Waals surface area (Å²) in [6.45, 7) is 3.70. The number of carbonyl (C=O) groups excluding carboxylic acids is 3. The number of ketones is 1. The quantitative estimate of drug-likeness (QED) is 0.302. The number of fused-ring (bicyclic) bond motifs is 1. The van der Waals surface area contributed by atoms with E-state index in [1.165, 1.54) is 11.0 Å². The first kappa shape index (κ1) is 16.7. The number of amides is 2. The lowest BCUT2D eigenvalue weighted by Crippen LogP contribution is -2.54. The molecule has 1 heterocycles. The molecule has 5 nitrogen and oxygen atoms in total. The van der Waals surface area contributed by atoms with Crippen molar-refractivity contribution in [3.05, 3.63) is 72.3 Å². The van der Waals surface area contributed by atoms with Crippen LogP contribution in [-0.4, -0.2) is 34.2 Å². The standard InChI is InChI=1S/C19H14N2O3S/c1-2-9-21-18(24)15(17(23)20-19(21)25)11-16(22)14-8-7-12-5-3-4-6-13(12)10-14/h2-8,10-11H,1,9H2,(H,20,23,25)/b15-11+. The fraction of sp³-hybridized carbons (Fsp3) is 0.0526. The predicted octanol–water partition coefficient (Wildman–Crippen LogP) is 2.38. The lowest BCUT2D eigenvalue weighted by Gasteiger charge is -2.27. The number of hydrogen-bond donors (Lipinski definition) is 1. The van der Waals surface area contributed by atoms with Crippen LogP contribution in [0.1, 0.15) is 10.4 Å². The molecule has 0 atom stereocenters. The second-order valence-corrected chi connectivity index (χ2v) is 5.83. The Morgan fingerprint density at radius 3 is 2.60 bits per heavy atom. The minimum Gasteiger partial charge on any atom is -0.298 e. The van der Waals surface area contributed by atoms with Crippen molar-refractivity contribution in [2.24, 2.45) is 0 Å². The second-order valence-electron chi connectivity index (χ2n) is 5.45. The molecule has 3 rings (SSSR count). The van der Waals surface area contributed by atoms with Gasteiger partial charge in [-0.2, -0.15) is 0 Å². The molecular formula is C19H14N2O3S. The van der Waals surface area contributed by atoms with Gasteiger partial charge in [0.25, 0.3) is 11.8 Å². The van der Waals surface area contributed by atoms with Gasteiger partial charge in [0.15, 0.2) is 10.9 Å². The van der Waals surface area contributed by atoms with Gasteiger partial charge in [-0.05, 0) is 29.1 Å². The van der Waals surface area contributed by atoms with Gasteiger partial charge in [-0.3, -0.25) is 24.6 Å². The van der Waals surface area contributed by atoms with E-state index in [-0.39, 0.29) is 17.2 Å². The van der Waals surface area contributed by atoms with Crippen LogP contribution < -0.4 is 5.32 Å². The van der Waals surface area contributed by atoms with Gasteiger partial charge in [0, 0.05) is 18.2 Å². The Kier molecular flexibility index (Phi) is 4.54. The van der Waals surface area contributed by atoms with Gasteiger partial charge in [-0.25, -0.2) is 0 Å². The lowest BCUT2D eigenvalue weighted by atomic mass is 10.0. The van der Waals surface area contributed by atoms with Crippen molar-refractivity contribution >= 4 is 45.7 Å². The Morgan fingerprint density at radius 2 is 1.88 bits per heavy atom. The van der Waals surface area contributed by atoms with Gasteiger partial charge in [0.2, 0.25) is 0 Å². The summed E-state index contributed by atoms with van der Waals surface area (Å²) in [4.78, 5) is 38.2. The van der Waals surface area contributed by atoms with Gasteiger partial charge in [-0.1, -0.05) is 42.5 Å². The molecule has 0 aromatic heterocycles. The van der Waals surface area contributed by atoms with E-state index >= 15 is 0 Å². The third kappa shape index (κ3) is 3.25. The van der Waals surface area contributed by atoms with Crippen LogP contribution in [0.4, 0.5) is 0 Å². The molecule has 25 heavy (non-hydrogen) atoms. The lowest BCUT2D eigenvalue weighted by molar-refractivity contribution is -0.128. The highest BCUT2D eigenvalue weighted by Crippen LogP contribution is 2.17. The van der Waals surface area contributed by atoms with E-state index in [9.17, 15) is 14.4 Å². The van der Waals surface area contributed by atoms with E-state index in [1.807, 2.05) is 30.3 Å². The first-order chi connectivity index (χ1) is 12.0. The summed E-state index contributed by atoms with van der Waals surface area (Å²) in [5, 5.41) is 4.32. The third-order valence-corrected chi connectivity index (χ3v) is 4.13. The molecule has 2 aromatic rings. The summed E-state index contributed by atoms with van der Waals surface area (Å²) < 4.78 is 0.